The average Bonchev–Trinajstić information content (AvgIpc) is 2.51. The van der Waals surface area contributed by atoms with E-state index in [4.69, 9.17) is 0 Å². The Morgan fingerprint density at radius 1 is 1.13 bits per heavy atom. The molecule has 1 aromatic carbocycles. The number of hydrogen-bond donors (Lipinski definition) is 1. The normalized spacial score (nSPS) is 20.7. The van der Waals surface area contributed by atoms with Crippen LogP contribution in [0.1, 0.15) is 30.4 Å². The monoisotopic (exact) mass is 311 g/mol. The van der Waals surface area contributed by atoms with Gasteiger partial charge in [-0.1, -0.05) is 18.6 Å². The lowest BCUT2D eigenvalue weighted by Gasteiger charge is -2.46. The van der Waals surface area contributed by atoms with Crippen LogP contribution in [-0.4, -0.2) is 47.0 Å². The van der Waals surface area contributed by atoms with Gasteiger partial charge in [-0.15, -0.1) is 0 Å². The highest BCUT2D eigenvalue weighted by Crippen LogP contribution is 2.21. The number of aryl methyl sites for hydroxylation is 1. The van der Waals surface area contributed by atoms with Crippen molar-refractivity contribution in [3.63, 3.8) is 0 Å². The van der Waals surface area contributed by atoms with E-state index in [1.54, 1.807) is 0 Å². The molecule has 0 radical (unpaired) electrons. The van der Waals surface area contributed by atoms with Crippen molar-refractivity contribution in [3.05, 3.63) is 45.7 Å². The molecule has 2 aliphatic heterocycles. The number of aromatic nitrogens is 1. The Bertz CT molecular complexity index is 755. The molecule has 4 nitrogen and oxygen atoms in total. The Morgan fingerprint density at radius 2 is 1.91 bits per heavy atom. The van der Waals surface area contributed by atoms with E-state index in [0.717, 1.165) is 36.1 Å². The third kappa shape index (κ3) is 3.06. The van der Waals surface area contributed by atoms with Crippen molar-refractivity contribution in [1.82, 2.24) is 14.8 Å². The number of aromatic amines is 1. The zero-order valence-corrected chi connectivity index (χ0v) is 13.8. The van der Waals surface area contributed by atoms with Crippen molar-refractivity contribution < 1.29 is 0 Å². The third-order valence-electron chi connectivity index (χ3n) is 5.32. The summed E-state index contributed by atoms with van der Waals surface area (Å²) < 4.78 is 0. The average molecular weight is 311 g/mol. The van der Waals surface area contributed by atoms with Gasteiger partial charge in [-0.3, -0.25) is 14.6 Å². The maximum absolute atomic E-state index is 12.3. The highest BCUT2D eigenvalue weighted by molar-refractivity contribution is 5.79. The van der Waals surface area contributed by atoms with Gasteiger partial charge < -0.3 is 4.98 Å². The van der Waals surface area contributed by atoms with Gasteiger partial charge in [0.15, 0.2) is 0 Å². The molecule has 0 spiro atoms. The second kappa shape index (κ2) is 6.10. The van der Waals surface area contributed by atoms with Crippen LogP contribution in [0.4, 0.5) is 0 Å². The van der Waals surface area contributed by atoms with Gasteiger partial charge in [0, 0.05) is 36.8 Å². The molecule has 3 heterocycles. The molecule has 4 rings (SSSR count). The number of benzene rings is 1. The van der Waals surface area contributed by atoms with Crippen molar-refractivity contribution in [2.45, 2.75) is 38.8 Å². The van der Waals surface area contributed by atoms with E-state index in [1.807, 2.05) is 13.0 Å². The molecule has 122 valence electrons. The molecule has 4 heteroatoms. The van der Waals surface area contributed by atoms with Gasteiger partial charge in [-0.05, 0) is 55.9 Å². The van der Waals surface area contributed by atoms with E-state index < -0.39 is 0 Å². The van der Waals surface area contributed by atoms with E-state index in [9.17, 15) is 4.79 Å². The second-order valence-corrected chi connectivity index (χ2v) is 7.16. The van der Waals surface area contributed by atoms with Crippen LogP contribution in [0.3, 0.4) is 0 Å². The van der Waals surface area contributed by atoms with Crippen molar-refractivity contribution in [3.8, 4) is 0 Å². The van der Waals surface area contributed by atoms with Crippen molar-refractivity contribution in [2.24, 2.45) is 0 Å². The van der Waals surface area contributed by atoms with Gasteiger partial charge in [0.05, 0.1) is 0 Å². The zero-order valence-electron chi connectivity index (χ0n) is 13.8. The molecule has 1 aromatic heterocycles. The first-order valence-corrected chi connectivity index (χ1v) is 8.78. The Labute approximate surface area is 137 Å². The summed E-state index contributed by atoms with van der Waals surface area (Å²) in [5.74, 6) is 0. The van der Waals surface area contributed by atoms with Crippen molar-refractivity contribution in [2.75, 3.05) is 26.2 Å². The first-order valence-electron chi connectivity index (χ1n) is 8.78. The molecule has 0 unspecified atom stereocenters. The minimum atomic E-state index is 0.0597. The summed E-state index contributed by atoms with van der Waals surface area (Å²) in [6.45, 7) is 7.54. The predicted octanol–water partition coefficient (Wildman–Crippen LogP) is 2.51. The van der Waals surface area contributed by atoms with Crippen LogP contribution in [0.2, 0.25) is 0 Å². The van der Waals surface area contributed by atoms with E-state index in [2.05, 4.69) is 33.0 Å². The summed E-state index contributed by atoms with van der Waals surface area (Å²) in [7, 11) is 0. The summed E-state index contributed by atoms with van der Waals surface area (Å²) in [5.41, 5.74) is 3.06. The standard InChI is InChI=1S/C19H25N3O/c1-14-5-6-15-10-16(19(23)20-18(15)9-14)11-21-12-17(13-21)22-7-3-2-4-8-22/h5-6,9-10,17H,2-4,7-8,11-13H2,1H3,(H,20,23). The van der Waals surface area contributed by atoms with Crippen molar-refractivity contribution >= 4 is 10.9 Å². The Balaban J connectivity index is 1.43. The molecule has 2 aromatic rings. The fourth-order valence-electron chi connectivity index (χ4n) is 3.90. The van der Waals surface area contributed by atoms with Gasteiger partial charge in [-0.2, -0.15) is 0 Å². The van der Waals surface area contributed by atoms with E-state index in [-0.39, 0.29) is 5.56 Å². The van der Waals surface area contributed by atoms with Crippen LogP contribution >= 0.6 is 0 Å². The van der Waals surface area contributed by atoms with Gasteiger partial charge in [0.1, 0.15) is 0 Å². The summed E-state index contributed by atoms with van der Waals surface area (Å²) in [5, 5.41) is 1.12. The molecule has 0 bridgehead atoms. The fraction of sp³-hybridized carbons (Fsp3) is 0.526. The molecule has 0 amide bonds. The van der Waals surface area contributed by atoms with Gasteiger partial charge in [-0.25, -0.2) is 0 Å². The maximum atomic E-state index is 12.3. The van der Waals surface area contributed by atoms with Crippen molar-refractivity contribution in [1.29, 1.82) is 0 Å². The number of rotatable bonds is 3. The topological polar surface area (TPSA) is 39.3 Å². The summed E-state index contributed by atoms with van der Waals surface area (Å²) in [6, 6.07) is 8.99. The van der Waals surface area contributed by atoms with Crippen LogP contribution < -0.4 is 5.56 Å². The predicted molar refractivity (Wildman–Crippen MR) is 93.8 cm³/mol. The number of pyridine rings is 1. The molecule has 23 heavy (non-hydrogen) atoms. The SMILES string of the molecule is Cc1ccc2cc(CN3CC(N4CCCCC4)C3)c(=O)[nH]c2c1. The molecule has 0 aliphatic carbocycles. The number of H-pyrrole nitrogens is 1. The quantitative estimate of drug-likeness (QED) is 0.947. The Kier molecular flexibility index (Phi) is 3.95. The van der Waals surface area contributed by atoms with Crippen LogP contribution in [0.25, 0.3) is 10.9 Å². The van der Waals surface area contributed by atoms with Crippen LogP contribution in [0, 0.1) is 6.92 Å². The Hall–Kier alpha value is -1.65. The zero-order chi connectivity index (χ0) is 15.8. The van der Waals surface area contributed by atoms with Crippen LogP contribution in [0.15, 0.2) is 29.1 Å². The van der Waals surface area contributed by atoms with E-state index in [1.165, 1.54) is 37.9 Å². The fourth-order valence-corrected chi connectivity index (χ4v) is 3.90. The van der Waals surface area contributed by atoms with Crippen LogP contribution in [0.5, 0.6) is 0 Å². The molecular formula is C19H25N3O. The van der Waals surface area contributed by atoms with Crippen LogP contribution in [-0.2, 0) is 6.54 Å². The van der Waals surface area contributed by atoms with Gasteiger partial charge >= 0.3 is 0 Å². The molecule has 0 atom stereocenters. The second-order valence-electron chi connectivity index (χ2n) is 7.16. The third-order valence-corrected chi connectivity index (χ3v) is 5.32. The maximum Gasteiger partial charge on any atom is 0.252 e. The number of fused-ring (bicyclic) bond motifs is 1. The first kappa shape index (κ1) is 14.9. The molecule has 2 aliphatic rings. The summed E-state index contributed by atoms with van der Waals surface area (Å²) >= 11 is 0. The first-order chi connectivity index (χ1) is 11.2. The number of nitrogens with one attached hydrogen (secondary N) is 1. The molecule has 0 saturated carbocycles. The van der Waals surface area contributed by atoms with Gasteiger partial charge in [0.25, 0.3) is 5.56 Å². The number of piperidine rings is 1. The summed E-state index contributed by atoms with van der Waals surface area (Å²) in [4.78, 5) is 20.4. The lowest BCUT2D eigenvalue weighted by molar-refractivity contribution is 0.0184. The lowest BCUT2D eigenvalue weighted by Crippen LogP contribution is -2.59. The number of nitrogens with zero attached hydrogens (tertiary/aromatic N) is 2. The minimum absolute atomic E-state index is 0.0597. The smallest absolute Gasteiger partial charge is 0.252 e. The van der Waals surface area contributed by atoms with E-state index >= 15 is 0 Å². The lowest BCUT2D eigenvalue weighted by atomic mass is 10.0. The highest BCUT2D eigenvalue weighted by Gasteiger charge is 2.32. The molecule has 2 fully saturated rings. The molecule has 2 saturated heterocycles. The minimum Gasteiger partial charge on any atom is -0.322 e. The Morgan fingerprint density at radius 3 is 2.70 bits per heavy atom. The highest BCUT2D eigenvalue weighted by atomic mass is 16.1. The largest absolute Gasteiger partial charge is 0.322 e. The number of hydrogen-bond acceptors (Lipinski definition) is 3. The van der Waals surface area contributed by atoms with E-state index in [0.29, 0.717) is 6.04 Å². The molecule has 1 N–H and O–H groups in total. The summed E-state index contributed by atoms with van der Waals surface area (Å²) in [6.07, 6.45) is 4.08. The number of likely N-dealkylation sites (tertiary alicyclic amines) is 2. The molecular weight excluding hydrogens is 286 g/mol. The van der Waals surface area contributed by atoms with Gasteiger partial charge in [0.2, 0.25) is 0 Å².